The molecule has 8 nitrogen and oxygen atoms in total. The van der Waals surface area contributed by atoms with E-state index in [0.29, 0.717) is 18.8 Å². The fourth-order valence-corrected chi connectivity index (χ4v) is 3.18. The Balaban J connectivity index is 1.52. The maximum absolute atomic E-state index is 12.6. The van der Waals surface area contributed by atoms with Gasteiger partial charge in [-0.15, -0.1) is 0 Å². The molecule has 0 bridgehead atoms. The minimum atomic E-state index is 0.0298. The number of hydrogen-bond donors (Lipinski definition) is 0. The number of aromatic nitrogens is 5. The standard InChI is InChI=1S/C16H19N7O/c1-20-6-4-12-14(20)17-11-18-15(12)22-7-9-23(10-8-22)16(24)13-3-5-19-21(13)2/h3-6,11H,7-10H2,1-2H3. The Morgan fingerprint density at radius 3 is 2.58 bits per heavy atom. The summed E-state index contributed by atoms with van der Waals surface area (Å²) < 4.78 is 3.61. The Morgan fingerprint density at radius 2 is 1.88 bits per heavy atom. The van der Waals surface area contributed by atoms with Crippen molar-refractivity contribution in [1.82, 2.24) is 29.2 Å². The molecule has 0 saturated carbocycles. The maximum Gasteiger partial charge on any atom is 0.272 e. The zero-order valence-corrected chi connectivity index (χ0v) is 13.8. The lowest BCUT2D eigenvalue weighted by Crippen LogP contribution is -2.49. The molecule has 0 N–H and O–H groups in total. The van der Waals surface area contributed by atoms with Gasteiger partial charge >= 0.3 is 0 Å². The van der Waals surface area contributed by atoms with Gasteiger partial charge in [0.25, 0.3) is 5.91 Å². The monoisotopic (exact) mass is 325 g/mol. The van der Waals surface area contributed by atoms with Crippen molar-refractivity contribution in [2.24, 2.45) is 14.1 Å². The molecular weight excluding hydrogens is 306 g/mol. The summed E-state index contributed by atoms with van der Waals surface area (Å²) in [5.74, 6) is 0.968. The molecule has 124 valence electrons. The number of rotatable bonds is 2. The zero-order chi connectivity index (χ0) is 16.7. The molecule has 1 amide bonds. The lowest BCUT2D eigenvalue weighted by Gasteiger charge is -2.35. The van der Waals surface area contributed by atoms with Crippen LogP contribution in [0.1, 0.15) is 10.5 Å². The van der Waals surface area contributed by atoms with E-state index < -0.39 is 0 Å². The van der Waals surface area contributed by atoms with Crippen LogP contribution in [0.15, 0.2) is 30.9 Å². The second kappa shape index (κ2) is 5.63. The number of hydrogen-bond acceptors (Lipinski definition) is 5. The van der Waals surface area contributed by atoms with E-state index in [1.54, 1.807) is 30.3 Å². The van der Waals surface area contributed by atoms with Crippen molar-refractivity contribution in [3.8, 4) is 0 Å². The molecule has 1 saturated heterocycles. The summed E-state index contributed by atoms with van der Waals surface area (Å²) in [6, 6.07) is 3.80. The normalized spacial score (nSPS) is 15.2. The molecule has 8 heteroatoms. The molecule has 1 aliphatic rings. The van der Waals surface area contributed by atoms with Crippen LogP contribution in [0.25, 0.3) is 11.0 Å². The lowest BCUT2D eigenvalue weighted by atomic mass is 10.2. The third kappa shape index (κ3) is 2.31. The van der Waals surface area contributed by atoms with E-state index in [0.717, 1.165) is 29.9 Å². The van der Waals surface area contributed by atoms with E-state index in [4.69, 9.17) is 0 Å². The minimum Gasteiger partial charge on any atom is -0.352 e. The molecule has 1 fully saturated rings. The topological polar surface area (TPSA) is 72.1 Å². The predicted molar refractivity (Wildman–Crippen MR) is 89.8 cm³/mol. The molecule has 3 aromatic rings. The third-order valence-corrected chi connectivity index (χ3v) is 4.55. The molecule has 0 radical (unpaired) electrons. The summed E-state index contributed by atoms with van der Waals surface area (Å²) in [5.41, 5.74) is 1.55. The van der Waals surface area contributed by atoms with Crippen molar-refractivity contribution in [2.45, 2.75) is 0 Å². The first kappa shape index (κ1) is 14.7. The molecule has 0 spiro atoms. The van der Waals surface area contributed by atoms with Crippen molar-refractivity contribution < 1.29 is 4.79 Å². The number of carbonyl (C=O) groups is 1. The van der Waals surface area contributed by atoms with Crippen LogP contribution in [0, 0.1) is 0 Å². The molecule has 0 aromatic carbocycles. The predicted octanol–water partition coefficient (Wildman–Crippen LogP) is 0.664. The van der Waals surface area contributed by atoms with Gasteiger partial charge in [0.05, 0.1) is 5.39 Å². The van der Waals surface area contributed by atoms with Gasteiger partial charge in [-0.2, -0.15) is 5.10 Å². The van der Waals surface area contributed by atoms with Gasteiger partial charge in [0, 0.05) is 52.7 Å². The summed E-state index contributed by atoms with van der Waals surface area (Å²) >= 11 is 0. The fourth-order valence-electron chi connectivity index (χ4n) is 3.18. The Hall–Kier alpha value is -2.90. The van der Waals surface area contributed by atoms with Crippen molar-refractivity contribution >= 4 is 22.8 Å². The molecule has 1 aliphatic heterocycles. The fraction of sp³-hybridized carbons (Fsp3) is 0.375. The van der Waals surface area contributed by atoms with Gasteiger partial charge in [0.15, 0.2) is 0 Å². The van der Waals surface area contributed by atoms with Crippen LogP contribution in [-0.2, 0) is 14.1 Å². The van der Waals surface area contributed by atoms with Crippen molar-refractivity contribution in [3.05, 3.63) is 36.5 Å². The number of piperazine rings is 1. The van der Waals surface area contributed by atoms with Crippen molar-refractivity contribution in [1.29, 1.82) is 0 Å². The quantitative estimate of drug-likeness (QED) is 0.692. The second-order valence-electron chi connectivity index (χ2n) is 5.98. The van der Waals surface area contributed by atoms with E-state index in [2.05, 4.69) is 20.0 Å². The Morgan fingerprint density at radius 1 is 1.08 bits per heavy atom. The summed E-state index contributed by atoms with van der Waals surface area (Å²) in [6.07, 6.45) is 5.24. The minimum absolute atomic E-state index is 0.0298. The first-order valence-corrected chi connectivity index (χ1v) is 7.93. The Bertz CT molecular complexity index is 889. The highest BCUT2D eigenvalue weighted by Gasteiger charge is 2.25. The molecule has 0 unspecified atom stereocenters. The number of amides is 1. The Kier molecular flexibility index (Phi) is 3.44. The summed E-state index contributed by atoms with van der Waals surface area (Å²) in [7, 11) is 3.76. The first-order valence-electron chi connectivity index (χ1n) is 7.93. The van der Waals surface area contributed by atoms with Crippen molar-refractivity contribution in [2.75, 3.05) is 31.1 Å². The number of aryl methyl sites for hydroxylation is 2. The summed E-state index contributed by atoms with van der Waals surface area (Å²) in [5, 5.41) is 5.12. The molecular formula is C16H19N7O. The van der Waals surface area contributed by atoms with Gasteiger partial charge in [0.2, 0.25) is 0 Å². The van der Waals surface area contributed by atoms with Crippen LogP contribution >= 0.6 is 0 Å². The average Bonchev–Trinajstić information content (AvgIpc) is 3.20. The lowest BCUT2D eigenvalue weighted by molar-refractivity contribution is 0.0735. The third-order valence-electron chi connectivity index (χ3n) is 4.55. The molecule has 0 atom stereocenters. The van der Waals surface area contributed by atoms with E-state index >= 15 is 0 Å². The van der Waals surface area contributed by atoms with Gasteiger partial charge in [-0.25, -0.2) is 9.97 Å². The van der Waals surface area contributed by atoms with Crippen LogP contribution < -0.4 is 4.90 Å². The van der Waals surface area contributed by atoms with E-state index in [1.807, 2.05) is 28.8 Å². The smallest absolute Gasteiger partial charge is 0.272 e. The van der Waals surface area contributed by atoms with Crippen LogP contribution in [0.2, 0.25) is 0 Å². The maximum atomic E-state index is 12.6. The van der Waals surface area contributed by atoms with Gasteiger partial charge in [-0.05, 0) is 12.1 Å². The highest BCUT2D eigenvalue weighted by molar-refractivity contribution is 5.93. The largest absolute Gasteiger partial charge is 0.352 e. The van der Waals surface area contributed by atoms with Gasteiger partial charge in [-0.3, -0.25) is 9.48 Å². The molecule has 4 rings (SSSR count). The number of carbonyl (C=O) groups excluding carboxylic acids is 1. The zero-order valence-electron chi connectivity index (χ0n) is 13.8. The molecule has 24 heavy (non-hydrogen) atoms. The number of fused-ring (bicyclic) bond motifs is 1. The highest BCUT2D eigenvalue weighted by Crippen LogP contribution is 2.24. The van der Waals surface area contributed by atoms with Crippen molar-refractivity contribution in [3.63, 3.8) is 0 Å². The SMILES string of the molecule is Cn1nccc1C(=O)N1CCN(c2ncnc3c2ccn3C)CC1. The second-order valence-corrected chi connectivity index (χ2v) is 5.98. The molecule has 3 aromatic heterocycles. The van der Waals surface area contributed by atoms with Gasteiger partial charge in [-0.1, -0.05) is 0 Å². The van der Waals surface area contributed by atoms with Crippen LogP contribution in [0.3, 0.4) is 0 Å². The van der Waals surface area contributed by atoms with Crippen LogP contribution in [-0.4, -0.2) is 61.3 Å². The van der Waals surface area contributed by atoms with E-state index in [-0.39, 0.29) is 5.91 Å². The number of nitrogens with zero attached hydrogens (tertiary/aromatic N) is 7. The summed E-state index contributed by atoms with van der Waals surface area (Å²) in [4.78, 5) is 25.4. The van der Waals surface area contributed by atoms with E-state index in [9.17, 15) is 4.79 Å². The van der Waals surface area contributed by atoms with Crippen LogP contribution in [0.4, 0.5) is 5.82 Å². The van der Waals surface area contributed by atoms with Gasteiger partial charge in [0.1, 0.15) is 23.5 Å². The highest BCUT2D eigenvalue weighted by atomic mass is 16.2. The van der Waals surface area contributed by atoms with E-state index in [1.165, 1.54) is 0 Å². The summed E-state index contributed by atoms with van der Waals surface area (Å²) in [6.45, 7) is 2.85. The average molecular weight is 325 g/mol. The Labute approximate surface area is 139 Å². The number of anilines is 1. The molecule has 4 heterocycles. The first-order chi connectivity index (χ1) is 11.6. The van der Waals surface area contributed by atoms with Gasteiger partial charge < -0.3 is 14.4 Å². The van der Waals surface area contributed by atoms with Crippen LogP contribution in [0.5, 0.6) is 0 Å². The molecule has 0 aliphatic carbocycles.